The summed E-state index contributed by atoms with van der Waals surface area (Å²) in [6.45, 7) is 7.37. The monoisotopic (exact) mass is 432 g/mol. The molecule has 2 aliphatic heterocycles. The molecule has 1 N–H and O–H groups in total. The Morgan fingerprint density at radius 2 is 1.91 bits per heavy atom. The molecule has 1 aromatic heterocycles. The maximum absolute atomic E-state index is 13.3. The van der Waals surface area contributed by atoms with Gasteiger partial charge in [0.25, 0.3) is 0 Å². The van der Waals surface area contributed by atoms with Gasteiger partial charge in [-0.3, -0.25) is 0 Å². The van der Waals surface area contributed by atoms with Crippen molar-refractivity contribution < 1.29 is 11.0 Å². The van der Waals surface area contributed by atoms with Crippen LogP contribution in [0, 0.1) is 12.8 Å². The zero-order valence-electron chi connectivity index (χ0n) is 18.8. The summed E-state index contributed by atoms with van der Waals surface area (Å²) in [7, 11) is 0. The van der Waals surface area contributed by atoms with Gasteiger partial charge in [-0.2, -0.15) is 0 Å². The molecule has 2 aliphatic rings. The summed E-state index contributed by atoms with van der Waals surface area (Å²) in [5, 5.41) is 0. The van der Waals surface area contributed by atoms with Crippen LogP contribution in [0.2, 0.25) is 0 Å². The maximum atomic E-state index is 13.3. The Kier molecular flexibility index (Phi) is 5.60. The third kappa shape index (κ3) is 4.09. The largest absolute Gasteiger partial charge is 0.491 e. The fraction of sp³-hybridized carbons (Fsp3) is 0.385. The summed E-state index contributed by atoms with van der Waals surface area (Å²) < 4.78 is 5.99. The van der Waals surface area contributed by atoms with Gasteiger partial charge in [0.05, 0.1) is 24.1 Å². The summed E-state index contributed by atoms with van der Waals surface area (Å²) in [6.07, 6.45) is 6.46. The fourth-order valence-electron chi connectivity index (χ4n) is 4.81. The number of imidazole rings is 1. The number of H-pyrrole nitrogens is 1. The highest BCUT2D eigenvalue weighted by molar-refractivity contribution is 5.82. The number of fused-ring (bicyclic) bond motifs is 2. The highest BCUT2D eigenvalue weighted by atomic mass is 16.5. The van der Waals surface area contributed by atoms with Crippen molar-refractivity contribution in [3.05, 3.63) is 59.9 Å². The number of nitrogens with zero attached hydrogens (tertiary/aromatic N) is 3. The molecule has 0 unspecified atom stereocenters. The second kappa shape index (κ2) is 8.69. The van der Waals surface area contributed by atoms with E-state index in [-0.39, 0.29) is 7.46 Å². The van der Waals surface area contributed by atoms with Gasteiger partial charge < -0.3 is 19.5 Å². The lowest BCUT2D eigenvalue weighted by molar-refractivity contribution is 0.131. The molecule has 0 radical (unpaired) electrons. The van der Waals surface area contributed by atoms with Crippen LogP contribution in [-0.2, 0) is 6.54 Å². The van der Waals surface area contributed by atoms with Crippen LogP contribution < -0.4 is 4.74 Å². The number of allylic oxidation sites excluding steroid dienone is 2. The lowest BCUT2D eigenvalue weighted by Crippen LogP contribution is -2.46. The third-order valence-corrected chi connectivity index (χ3v) is 6.52. The number of aromatic nitrogens is 2. The van der Waals surface area contributed by atoms with Crippen molar-refractivity contribution in [2.45, 2.75) is 33.2 Å². The molecular weight excluding hydrogens is 400 g/mol. The predicted octanol–water partition coefficient (Wildman–Crippen LogP) is 5.39. The zero-order chi connectivity index (χ0) is 22.1. The first-order valence-corrected chi connectivity index (χ1v) is 11.5. The van der Waals surface area contributed by atoms with Gasteiger partial charge >= 0.3 is 6.03 Å². The number of likely N-dealkylation sites (tertiary alicyclic amines) is 1. The molecule has 32 heavy (non-hydrogen) atoms. The lowest BCUT2D eigenvalue weighted by Gasteiger charge is -2.34. The van der Waals surface area contributed by atoms with Crippen molar-refractivity contribution >= 4 is 17.1 Å². The van der Waals surface area contributed by atoms with E-state index in [1.165, 1.54) is 0 Å². The molecule has 2 amide bonds. The number of aryl methyl sites for hydroxylation is 1. The summed E-state index contributed by atoms with van der Waals surface area (Å²) in [6, 6.07) is 12.7. The van der Waals surface area contributed by atoms with E-state index in [0.29, 0.717) is 25.6 Å². The first kappa shape index (κ1) is 20.6. The van der Waals surface area contributed by atoms with E-state index < -0.39 is 0 Å². The Morgan fingerprint density at radius 1 is 1.12 bits per heavy atom. The Bertz CT molecular complexity index is 1160. The van der Waals surface area contributed by atoms with E-state index >= 15 is 0 Å². The quantitative estimate of drug-likeness (QED) is 0.553. The minimum absolute atomic E-state index is 0. The number of urea groups is 1. The molecule has 1 fully saturated rings. The van der Waals surface area contributed by atoms with E-state index in [0.717, 1.165) is 65.2 Å². The number of rotatable bonds is 2. The fourth-order valence-corrected chi connectivity index (χ4v) is 4.81. The molecule has 0 atom stereocenters. The summed E-state index contributed by atoms with van der Waals surface area (Å²) in [5.41, 5.74) is 5.29. The molecule has 5 rings (SSSR count). The molecule has 0 bridgehead atoms. The van der Waals surface area contributed by atoms with Gasteiger partial charge in [0.15, 0.2) is 0 Å². The molecule has 2 aromatic carbocycles. The van der Waals surface area contributed by atoms with Crippen LogP contribution in [0.4, 0.5) is 4.79 Å². The number of hydrogen-bond donors (Lipinski definition) is 1. The first-order valence-electron chi connectivity index (χ1n) is 11.5. The van der Waals surface area contributed by atoms with E-state index in [1.807, 2.05) is 28.9 Å². The number of nitrogens with one attached hydrogen (secondary N) is 1. The lowest BCUT2D eigenvalue weighted by atomic mass is 9.96. The number of carbonyl (C=O) groups excluding carboxylic acids is 1. The minimum Gasteiger partial charge on any atom is -0.491 e. The number of amides is 2. The molecule has 3 heterocycles. The van der Waals surface area contributed by atoms with Crippen molar-refractivity contribution in [3.63, 3.8) is 0 Å². The average Bonchev–Trinajstić information content (AvgIpc) is 3.05. The minimum atomic E-state index is 0. The molecule has 6 heteroatoms. The van der Waals surface area contributed by atoms with E-state index in [2.05, 4.69) is 53.3 Å². The van der Waals surface area contributed by atoms with Gasteiger partial charge in [0.2, 0.25) is 0 Å². The number of carbonyl (C=O) groups is 1. The van der Waals surface area contributed by atoms with Crippen LogP contribution in [-0.4, -0.2) is 52.0 Å². The van der Waals surface area contributed by atoms with E-state index in [4.69, 9.17) is 4.74 Å². The van der Waals surface area contributed by atoms with Gasteiger partial charge in [-0.15, -0.1) is 0 Å². The molecule has 1 saturated heterocycles. The molecule has 6 nitrogen and oxygen atoms in total. The Balaban J connectivity index is 0.00000259. The van der Waals surface area contributed by atoms with Crippen LogP contribution in [0.15, 0.2) is 48.6 Å². The van der Waals surface area contributed by atoms with Gasteiger partial charge in [-0.25, -0.2) is 9.78 Å². The SMILES string of the molecule is C/C=C/C1CCN(C(=O)N2CCOc3ccc(-c4ccc5nc(C)[nH]c5c4)cc3C2)CC1.[HH]. The van der Waals surface area contributed by atoms with Crippen LogP contribution in [0.1, 0.15) is 32.6 Å². The number of piperidine rings is 1. The normalized spacial score (nSPS) is 17.4. The van der Waals surface area contributed by atoms with Crippen molar-refractivity contribution in [2.24, 2.45) is 5.92 Å². The van der Waals surface area contributed by atoms with Gasteiger partial charge in [0, 0.05) is 20.1 Å². The molecular formula is C26H32N4O2. The van der Waals surface area contributed by atoms with Crippen LogP contribution in [0.5, 0.6) is 5.75 Å². The second-order valence-corrected chi connectivity index (χ2v) is 8.78. The number of benzene rings is 2. The highest BCUT2D eigenvalue weighted by Gasteiger charge is 2.27. The molecule has 0 saturated carbocycles. The second-order valence-electron chi connectivity index (χ2n) is 8.78. The van der Waals surface area contributed by atoms with Gasteiger partial charge in [-0.05, 0) is 68.0 Å². The number of ether oxygens (including phenoxy) is 1. The van der Waals surface area contributed by atoms with Gasteiger partial charge in [0.1, 0.15) is 18.2 Å². The Morgan fingerprint density at radius 3 is 2.72 bits per heavy atom. The van der Waals surface area contributed by atoms with Crippen LogP contribution >= 0.6 is 0 Å². The Hall–Kier alpha value is -3.28. The summed E-state index contributed by atoms with van der Waals surface area (Å²) in [5.74, 6) is 2.38. The van der Waals surface area contributed by atoms with Crippen molar-refractivity contribution in [1.29, 1.82) is 0 Å². The number of aromatic amines is 1. The van der Waals surface area contributed by atoms with Crippen LogP contribution in [0.3, 0.4) is 0 Å². The van der Waals surface area contributed by atoms with Crippen molar-refractivity contribution in [3.8, 4) is 16.9 Å². The predicted molar refractivity (Wildman–Crippen MR) is 129 cm³/mol. The Labute approximate surface area is 190 Å². The molecule has 168 valence electrons. The molecule has 3 aromatic rings. The smallest absolute Gasteiger partial charge is 0.320 e. The zero-order valence-corrected chi connectivity index (χ0v) is 18.8. The third-order valence-electron chi connectivity index (χ3n) is 6.52. The van der Waals surface area contributed by atoms with E-state index in [1.54, 1.807) is 0 Å². The van der Waals surface area contributed by atoms with Crippen LogP contribution in [0.25, 0.3) is 22.2 Å². The standard InChI is InChI=1S/C26H30N4O2.H2/c1-3-4-19-9-11-29(12-10-19)26(31)30-13-14-32-25-8-6-20(15-22(25)17-30)21-5-7-23-24(16-21)28-18(2)27-23;/h3-8,15-16,19H,9-14,17H2,1-2H3,(H,27,28);1H/b4-3+;. The van der Waals surface area contributed by atoms with E-state index in [9.17, 15) is 4.79 Å². The average molecular weight is 433 g/mol. The molecule has 0 spiro atoms. The van der Waals surface area contributed by atoms with Crippen molar-refractivity contribution in [2.75, 3.05) is 26.2 Å². The topological polar surface area (TPSA) is 61.5 Å². The maximum Gasteiger partial charge on any atom is 0.320 e. The molecule has 0 aliphatic carbocycles. The summed E-state index contributed by atoms with van der Waals surface area (Å²) >= 11 is 0. The first-order chi connectivity index (χ1) is 15.6. The van der Waals surface area contributed by atoms with Crippen molar-refractivity contribution in [1.82, 2.24) is 19.8 Å². The van der Waals surface area contributed by atoms with Gasteiger partial charge in [-0.1, -0.05) is 24.3 Å². The summed E-state index contributed by atoms with van der Waals surface area (Å²) in [4.78, 5) is 25.0. The highest BCUT2D eigenvalue weighted by Crippen LogP contribution is 2.31. The number of hydrogen-bond acceptors (Lipinski definition) is 3.